The van der Waals surface area contributed by atoms with Crippen molar-refractivity contribution in [2.75, 3.05) is 40.4 Å². The van der Waals surface area contributed by atoms with E-state index in [0.29, 0.717) is 5.56 Å². The standard InChI is InChI=1S/C29H37N5O14/c1-5-16(32(9-11-47-33(43)44)10-12-48-34(45)46)30-28(41)20-25(38)22(31(3)4)21-24(37)17-13(2)14-7-6-8-15(35)18(14)23(36)19(17)26(39)29(21,42)27(20)40/h6-8,13,16-17,21-22,24,35-37,40,42H,5,9-12H2,1-4H3,(H,30,41)/t13-,16?,17+,21+,22-,24-,29-/m0/s1. The maximum Gasteiger partial charge on any atom is 0.294 e. The van der Waals surface area contributed by atoms with E-state index in [1.54, 1.807) is 19.9 Å². The average molecular weight is 680 g/mol. The molecule has 3 aliphatic carbocycles. The minimum atomic E-state index is -3.10. The van der Waals surface area contributed by atoms with E-state index in [9.17, 15) is 60.1 Å². The number of aliphatic hydroxyl groups is 4. The first kappa shape index (κ1) is 36.0. The molecule has 1 aromatic carbocycles. The molecule has 1 saturated carbocycles. The number of phenols is 1. The second-order valence-corrected chi connectivity index (χ2v) is 12.0. The van der Waals surface area contributed by atoms with E-state index in [1.165, 1.54) is 36.0 Å². The maximum absolute atomic E-state index is 14.3. The van der Waals surface area contributed by atoms with Gasteiger partial charge in [-0.25, -0.2) is 0 Å². The molecule has 0 saturated heterocycles. The van der Waals surface area contributed by atoms with Crippen molar-refractivity contribution in [2.45, 2.75) is 50.1 Å². The Balaban J connectivity index is 1.80. The van der Waals surface area contributed by atoms with Crippen LogP contribution < -0.4 is 5.32 Å². The summed E-state index contributed by atoms with van der Waals surface area (Å²) < 4.78 is 0. The summed E-state index contributed by atoms with van der Waals surface area (Å²) in [4.78, 5) is 74.6. The number of Topliss-reactive ketones (excluding diaryl/α,β-unsaturated/α-hetero) is 2. The number of likely N-dealkylation sites (N-methyl/N-ethyl adjacent to an activating group) is 1. The van der Waals surface area contributed by atoms with Crippen LogP contribution in [0.4, 0.5) is 0 Å². The van der Waals surface area contributed by atoms with Crippen molar-refractivity contribution in [3.63, 3.8) is 0 Å². The summed E-state index contributed by atoms with van der Waals surface area (Å²) in [5, 5.41) is 78.9. The molecule has 19 nitrogen and oxygen atoms in total. The number of ketones is 2. The van der Waals surface area contributed by atoms with Crippen LogP contribution in [-0.2, 0) is 24.1 Å². The molecule has 0 heterocycles. The van der Waals surface area contributed by atoms with E-state index in [4.69, 9.17) is 0 Å². The Bertz CT molecular complexity index is 1560. The lowest BCUT2D eigenvalue weighted by Gasteiger charge is -2.53. The number of aliphatic hydroxyl groups excluding tert-OH is 3. The van der Waals surface area contributed by atoms with Gasteiger partial charge in [0.05, 0.1) is 29.8 Å². The smallest absolute Gasteiger partial charge is 0.294 e. The summed E-state index contributed by atoms with van der Waals surface area (Å²) in [6.07, 6.45) is -2.78. The van der Waals surface area contributed by atoms with Gasteiger partial charge in [-0.1, -0.05) is 26.0 Å². The fraction of sp³-hybridized carbons (Fsp3) is 0.552. The van der Waals surface area contributed by atoms with E-state index in [1.807, 2.05) is 0 Å². The second-order valence-electron chi connectivity index (χ2n) is 12.0. The maximum atomic E-state index is 14.3. The summed E-state index contributed by atoms with van der Waals surface area (Å²) in [7, 11) is 2.81. The molecule has 0 aromatic heterocycles. The van der Waals surface area contributed by atoms with Crippen LogP contribution >= 0.6 is 0 Å². The van der Waals surface area contributed by atoms with Crippen molar-refractivity contribution >= 4 is 23.2 Å². The first-order valence-corrected chi connectivity index (χ1v) is 14.9. The number of benzene rings is 1. The summed E-state index contributed by atoms with van der Waals surface area (Å²) in [6, 6.07) is 2.81. The Morgan fingerprint density at radius 1 is 1.08 bits per heavy atom. The molecular weight excluding hydrogens is 642 g/mol. The lowest BCUT2D eigenvalue weighted by atomic mass is 9.54. The van der Waals surface area contributed by atoms with Gasteiger partial charge in [0.15, 0.2) is 11.4 Å². The Morgan fingerprint density at radius 3 is 2.19 bits per heavy atom. The van der Waals surface area contributed by atoms with Gasteiger partial charge in [-0.05, 0) is 38.1 Å². The van der Waals surface area contributed by atoms with E-state index < -0.39 is 105 Å². The van der Waals surface area contributed by atoms with Gasteiger partial charge in [-0.2, -0.15) is 0 Å². The molecule has 7 atom stereocenters. The van der Waals surface area contributed by atoms with Crippen molar-refractivity contribution < 1.29 is 59.8 Å². The number of aromatic hydroxyl groups is 1. The zero-order valence-electron chi connectivity index (χ0n) is 26.4. The molecular formula is C29H37N5O14. The van der Waals surface area contributed by atoms with Gasteiger partial charge in [0.25, 0.3) is 16.1 Å². The summed E-state index contributed by atoms with van der Waals surface area (Å²) in [6.45, 7) is 1.66. The number of carbonyl (C=O) groups excluding carboxylic acids is 3. The van der Waals surface area contributed by atoms with Crippen LogP contribution in [0.5, 0.6) is 5.75 Å². The highest BCUT2D eigenvalue weighted by molar-refractivity contribution is 6.25. The van der Waals surface area contributed by atoms with Crippen molar-refractivity contribution in [3.8, 4) is 5.75 Å². The fourth-order valence-electron chi connectivity index (χ4n) is 7.12. The molecule has 1 fully saturated rings. The second kappa shape index (κ2) is 13.7. The molecule has 262 valence electrons. The molecule has 0 radical (unpaired) electrons. The SMILES string of the molecule is CCC(NC(=O)C1=C(O)[C@@]2(O)C(=O)C3=C(O)c4c(O)cccc4[C@H](C)[C@H]3[C@H](O)[C@H]2[C@H](N(C)C)C1=O)N(CCO[N+](=O)[O-])CCO[N+](=O)[O-]. The van der Waals surface area contributed by atoms with E-state index in [0.717, 1.165) is 0 Å². The van der Waals surface area contributed by atoms with Crippen molar-refractivity contribution in [1.29, 1.82) is 0 Å². The number of hydrogen-bond donors (Lipinski definition) is 6. The van der Waals surface area contributed by atoms with Gasteiger partial charge in [-0.3, -0.25) is 24.2 Å². The van der Waals surface area contributed by atoms with Gasteiger partial charge in [0.2, 0.25) is 5.78 Å². The van der Waals surface area contributed by atoms with Crippen LogP contribution in [0.3, 0.4) is 0 Å². The number of nitrogens with one attached hydrogen (secondary N) is 1. The van der Waals surface area contributed by atoms with Crippen molar-refractivity contribution in [3.05, 3.63) is 66.5 Å². The Kier molecular flexibility index (Phi) is 10.3. The number of fused-ring (bicyclic) bond motifs is 3. The van der Waals surface area contributed by atoms with Gasteiger partial charge in [0, 0.05) is 24.6 Å². The average Bonchev–Trinajstić information content (AvgIpc) is 3.00. The summed E-state index contributed by atoms with van der Waals surface area (Å²) in [5.74, 6) is -9.73. The van der Waals surface area contributed by atoms with E-state index in [-0.39, 0.29) is 30.8 Å². The minimum absolute atomic E-state index is 0.0514. The molecule has 6 N–H and O–H groups in total. The predicted octanol–water partition coefficient (Wildman–Crippen LogP) is -0.419. The highest BCUT2D eigenvalue weighted by Crippen LogP contribution is 2.56. The van der Waals surface area contributed by atoms with E-state index in [2.05, 4.69) is 15.0 Å². The fourth-order valence-corrected chi connectivity index (χ4v) is 7.12. The molecule has 48 heavy (non-hydrogen) atoms. The van der Waals surface area contributed by atoms with Crippen molar-refractivity contribution in [1.82, 2.24) is 15.1 Å². The third-order valence-electron chi connectivity index (χ3n) is 9.25. The van der Waals surface area contributed by atoms with Crippen LogP contribution in [0.25, 0.3) is 5.76 Å². The number of carbonyl (C=O) groups is 3. The third kappa shape index (κ3) is 6.00. The highest BCUT2D eigenvalue weighted by Gasteiger charge is 2.68. The number of amides is 1. The highest BCUT2D eigenvalue weighted by atomic mass is 17.0. The van der Waals surface area contributed by atoms with Crippen LogP contribution in [-0.4, -0.2) is 127 Å². The molecule has 1 unspecified atom stereocenters. The van der Waals surface area contributed by atoms with Gasteiger partial charge < -0.3 is 40.5 Å². The topological polar surface area (TPSA) is 276 Å². The molecule has 0 aliphatic heterocycles. The molecule has 3 aliphatic rings. The Hall–Kier alpha value is -4.85. The molecule has 1 aromatic rings. The number of phenolic OH excluding ortho intramolecular Hbond substituents is 1. The molecule has 19 heteroatoms. The summed E-state index contributed by atoms with van der Waals surface area (Å²) >= 11 is 0. The van der Waals surface area contributed by atoms with E-state index >= 15 is 0 Å². The first-order valence-electron chi connectivity index (χ1n) is 14.9. The monoisotopic (exact) mass is 679 g/mol. The first-order chi connectivity index (χ1) is 22.5. The predicted molar refractivity (Wildman–Crippen MR) is 161 cm³/mol. The Morgan fingerprint density at radius 2 is 1.67 bits per heavy atom. The van der Waals surface area contributed by atoms with Gasteiger partial charge in [-0.15, -0.1) is 20.2 Å². The number of hydrogen-bond acceptors (Lipinski definition) is 16. The van der Waals surface area contributed by atoms with Crippen LogP contribution in [0.15, 0.2) is 35.1 Å². The lowest BCUT2D eigenvalue weighted by Crippen LogP contribution is -2.70. The Labute approximate surface area is 272 Å². The largest absolute Gasteiger partial charge is 0.508 e. The molecule has 4 rings (SSSR count). The molecule has 1 amide bonds. The number of nitrogens with zero attached hydrogens (tertiary/aromatic N) is 4. The lowest BCUT2D eigenvalue weighted by molar-refractivity contribution is -0.758. The van der Waals surface area contributed by atoms with Crippen LogP contribution in [0, 0.1) is 32.1 Å². The molecule has 0 spiro atoms. The molecule has 0 bridgehead atoms. The zero-order valence-corrected chi connectivity index (χ0v) is 26.4. The van der Waals surface area contributed by atoms with Crippen LogP contribution in [0.1, 0.15) is 37.3 Å². The van der Waals surface area contributed by atoms with Crippen molar-refractivity contribution in [2.24, 2.45) is 11.8 Å². The summed E-state index contributed by atoms with van der Waals surface area (Å²) in [5.41, 5.74) is -4.35. The zero-order chi connectivity index (χ0) is 35.8. The quantitative estimate of drug-likeness (QED) is 0.0668. The van der Waals surface area contributed by atoms with Gasteiger partial charge in [0.1, 0.15) is 36.1 Å². The van der Waals surface area contributed by atoms with Gasteiger partial charge >= 0.3 is 0 Å². The minimum Gasteiger partial charge on any atom is -0.508 e. The third-order valence-corrected chi connectivity index (χ3v) is 9.25. The van der Waals surface area contributed by atoms with Crippen LogP contribution in [0.2, 0.25) is 0 Å². The normalized spacial score (nSPS) is 27.3. The number of rotatable bonds is 13.